The van der Waals surface area contributed by atoms with Crippen LogP contribution < -0.4 is 10.5 Å². The number of nitrogens with two attached hydrogens (primary N) is 1. The topological polar surface area (TPSA) is 61.5 Å². The zero-order valence-electron chi connectivity index (χ0n) is 12.0. The summed E-state index contributed by atoms with van der Waals surface area (Å²) in [6.45, 7) is 6.41. The van der Waals surface area contributed by atoms with E-state index in [1.165, 1.54) is 14.2 Å². The van der Waals surface area contributed by atoms with Gasteiger partial charge in [-0.1, -0.05) is 25.6 Å². The highest BCUT2D eigenvalue weighted by molar-refractivity contribution is 6.83. The summed E-state index contributed by atoms with van der Waals surface area (Å²) in [5.74, 6) is 3.04. The van der Waals surface area contributed by atoms with Crippen LogP contribution in [0.3, 0.4) is 0 Å². The van der Waals surface area contributed by atoms with Crippen molar-refractivity contribution in [2.75, 3.05) is 20.0 Å². The van der Waals surface area contributed by atoms with Crippen molar-refractivity contribution in [3.05, 3.63) is 23.3 Å². The first-order chi connectivity index (χ1) is 8.78. The molecule has 0 heterocycles. The van der Waals surface area contributed by atoms with Crippen LogP contribution in [0.15, 0.2) is 12.1 Å². The summed E-state index contributed by atoms with van der Waals surface area (Å²) < 4.78 is 9.86. The van der Waals surface area contributed by atoms with E-state index in [1.807, 2.05) is 0 Å². The maximum Gasteiger partial charge on any atom is 0.338 e. The van der Waals surface area contributed by atoms with E-state index in [9.17, 15) is 4.79 Å². The van der Waals surface area contributed by atoms with Crippen LogP contribution in [0, 0.1) is 11.5 Å². The van der Waals surface area contributed by atoms with Gasteiger partial charge in [0.25, 0.3) is 0 Å². The van der Waals surface area contributed by atoms with E-state index in [0.29, 0.717) is 22.6 Å². The fourth-order valence-corrected chi connectivity index (χ4v) is 1.90. The Labute approximate surface area is 114 Å². The molecule has 0 saturated carbocycles. The third-order valence-electron chi connectivity index (χ3n) is 2.36. The molecule has 0 bridgehead atoms. The van der Waals surface area contributed by atoms with Gasteiger partial charge in [0, 0.05) is 0 Å². The number of benzene rings is 1. The predicted octanol–water partition coefficient (Wildman–Crippen LogP) is 2.29. The van der Waals surface area contributed by atoms with Gasteiger partial charge in [-0.3, -0.25) is 0 Å². The molecule has 0 spiro atoms. The first-order valence-electron chi connectivity index (χ1n) is 5.87. The number of nitrogen functional groups attached to an aromatic ring is 1. The van der Waals surface area contributed by atoms with Gasteiger partial charge in [0.05, 0.1) is 31.0 Å². The normalized spacial score (nSPS) is 10.4. The summed E-state index contributed by atoms with van der Waals surface area (Å²) in [5, 5.41) is 0. The van der Waals surface area contributed by atoms with E-state index in [4.69, 9.17) is 15.2 Å². The Balaban J connectivity index is 3.36. The minimum Gasteiger partial charge on any atom is -0.495 e. The molecule has 102 valence electrons. The molecule has 0 radical (unpaired) electrons. The lowest BCUT2D eigenvalue weighted by Crippen LogP contribution is -2.16. The first kappa shape index (κ1) is 15.1. The zero-order valence-corrected chi connectivity index (χ0v) is 13.0. The Bertz CT molecular complexity index is 550. The fourth-order valence-electron chi connectivity index (χ4n) is 1.39. The quantitative estimate of drug-likeness (QED) is 0.390. The van der Waals surface area contributed by atoms with Crippen molar-refractivity contribution < 1.29 is 14.3 Å². The van der Waals surface area contributed by atoms with Crippen LogP contribution in [0.2, 0.25) is 19.6 Å². The van der Waals surface area contributed by atoms with Crippen LogP contribution >= 0.6 is 0 Å². The van der Waals surface area contributed by atoms with Crippen molar-refractivity contribution >= 4 is 19.7 Å². The summed E-state index contributed by atoms with van der Waals surface area (Å²) in [4.78, 5) is 11.6. The number of hydrogen-bond donors (Lipinski definition) is 1. The van der Waals surface area contributed by atoms with Crippen molar-refractivity contribution in [1.82, 2.24) is 0 Å². The van der Waals surface area contributed by atoms with E-state index in [1.54, 1.807) is 12.1 Å². The van der Waals surface area contributed by atoms with Crippen LogP contribution in [-0.2, 0) is 4.74 Å². The zero-order chi connectivity index (χ0) is 14.6. The van der Waals surface area contributed by atoms with Gasteiger partial charge in [-0.15, -0.1) is 5.54 Å². The van der Waals surface area contributed by atoms with Crippen molar-refractivity contribution in [3.8, 4) is 17.2 Å². The maximum absolute atomic E-state index is 11.6. The standard InChI is InChI=1S/C14H19NO3Si/c1-17-12-9-11(14(16)18-2)8-10(13(12)15)6-7-19(3,4)5/h8-9H,15H2,1-5H3. The molecule has 0 saturated heterocycles. The lowest BCUT2D eigenvalue weighted by molar-refractivity contribution is 0.0600. The minimum absolute atomic E-state index is 0.383. The second-order valence-corrected chi connectivity index (χ2v) is 9.88. The van der Waals surface area contributed by atoms with Crippen LogP contribution in [0.4, 0.5) is 5.69 Å². The molecular weight excluding hydrogens is 258 g/mol. The smallest absolute Gasteiger partial charge is 0.338 e. The van der Waals surface area contributed by atoms with Crippen molar-refractivity contribution in [1.29, 1.82) is 0 Å². The molecule has 5 heteroatoms. The Morgan fingerprint density at radius 3 is 2.37 bits per heavy atom. The Morgan fingerprint density at radius 2 is 1.89 bits per heavy atom. The highest BCUT2D eigenvalue weighted by atomic mass is 28.3. The van der Waals surface area contributed by atoms with Crippen LogP contribution in [0.25, 0.3) is 0 Å². The van der Waals surface area contributed by atoms with Crippen molar-refractivity contribution in [3.63, 3.8) is 0 Å². The van der Waals surface area contributed by atoms with Gasteiger partial charge in [-0.25, -0.2) is 4.79 Å². The largest absolute Gasteiger partial charge is 0.495 e. The van der Waals surface area contributed by atoms with Gasteiger partial charge in [-0.2, -0.15) is 0 Å². The number of esters is 1. The van der Waals surface area contributed by atoms with E-state index in [-0.39, 0.29) is 0 Å². The number of ether oxygens (including phenoxy) is 2. The molecule has 0 unspecified atom stereocenters. The third kappa shape index (κ3) is 4.04. The molecule has 19 heavy (non-hydrogen) atoms. The lowest BCUT2D eigenvalue weighted by atomic mass is 10.1. The van der Waals surface area contributed by atoms with Crippen molar-refractivity contribution in [2.45, 2.75) is 19.6 Å². The summed E-state index contributed by atoms with van der Waals surface area (Å²) in [7, 11) is 1.32. The first-order valence-corrected chi connectivity index (χ1v) is 9.37. The molecule has 0 atom stereocenters. The van der Waals surface area contributed by atoms with E-state index < -0.39 is 14.0 Å². The number of carbonyl (C=O) groups is 1. The second-order valence-electron chi connectivity index (χ2n) is 5.13. The van der Waals surface area contributed by atoms with Gasteiger partial charge in [0.1, 0.15) is 13.8 Å². The van der Waals surface area contributed by atoms with Gasteiger partial charge in [0.2, 0.25) is 0 Å². The Hall–Kier alpha value is -1.93. The number of anilines is 1. The Kier molecular flexibility index (Phi) is 4.62. The van der Waals surface area contributed by atoms with Crippen LogP contribution in [0.1, 0.15) is 15.9 Å². The molecule has 0 aliphatic carbocycles. The van der Waals surface area contributed by atoms with Crippen LogP contribution in [0.5, 0.6) is 5.75 Å². The highest BCUT2D eigenvalue weighted by Gasteiger charge is 2.14. The number of methoxy groups -OCH3 is 2. The Morgan fingerprint density at radius 1 is 1.26 bits per heavy atom. The monoisotopic (exact) mass is 277 g/mol. The fraction of sp³-hybridized carbons (Fsp3) is 0.357. The van der Waals surface area contributed by atoms with Gasteiger partial charge in [-0.05, 0) is 12.1 Å². The maximum atomic E-state index is 11.6. The molecule has 0 fully saturated rings. The molecule has 2 N–H and O–H groups in total. The van der Waals surface area contributed by atoms with E-state index >= 15 is 0 Å². The number of carbonyl (C=O) groups excluding carboxylic acids is 1. The van der Waals surface area contributed by atoms with E-state index in [2.05, 4.69) is 31.1 Å². The SMILES string of the molecule is COC(=O)c1cc(C#C[Si](C)(C)C)c(N)c(OC)c1. The molecule has 0 amide bonds. The van der Waals surface area contributed by atoms with Gasteiger partial charge < -0.3 is 15.2 Å². The van der Waals surface area contributed by atoms with E-state index in [0.717, 1.165) is 0 Å². The molecule has 1 rings (SSSR count). The molecule has 1 aromatic rings. The van der Waals surface area contributed by atoms with Gasteiger partial charge in [0.15, 0.2) is 0 Å². The average Bonchev–Trinajstić information content (AvgIpc) is 2.35. The highest BCUT2D eigenvalue weighted by Crippen LogP contribution is 2.27. The summed E-state index contributed by atoms with van der Waals surface area (Å²) in [6.07, 6.45) is 0. The number of hydrogen-bond acceptors (Lipinski definition) is 4. The third-order valence-corrected chi connectivity index (χ3v) is 3.23. The molecule has 4 nitrogen and oxygen atoms in total. The summed E-state index contributed by atoms with van der Waals surface area (Å²) in [5.41, 5.74) is 10.6. The summed E-state index contributed by atoms with van der Waals surface area (Å²) in [6, 6.07) is 3.19. The average molecular weight is 277 g/mol. The molecule has 1 aromatic carbocycles. The van der Waals surface area contributed by atoms with Gasteiger partial charge >= 0.3 is 5.97 Å². The number of rotatable bonds is 2. The summed E-state index contributed by atoms with van der Waals surface area (Å²) >= 11 is 0. The molecule has 0 aliphatic heterocycles. The molecular formula is C14H19NO3Si. The second kappa shape index (κ2) is 5.80. The van der Waals surface area contributed by atoms with Crippen LogP contribution in [-0.4, -0.2) is 28.3 Å². The van der Waals surface area contributed by atoms with Crippen molar-refractivity contribution in [2.24, 2.45) is 0 Å². The predicted molar refractivity (Wildman–Crippen MR) is 79.0 cm³/mol. The molecule has 0 aliphatic rings. The minimum atomic E-state index is -1.52. The molecule has 0 aromatic heterocycles. The lowest BCUT2D eigenvalue weighted by Gasteiger charge is -2.10.